The Morgan fingerprint density at radius 3 is 2.81 bits per heavy atom. The smallest absolute Gasteiger partial charge is 0.337 e. The number of nitro benzene ring substituents is 1. The van der Waals surface area contributed by atoms with Crippen molar-refractivity contribution in [2.45, 2.75) is 13.5 Å². The van der Waals surface area contributed by atoms with Crippen molar-refractivity contribution in [1.82, 2.24) is 5.16 Å². The molecule has 0 saturated heterocycles. The van der Waals surface area contributed by atoms with Crippen LogP contribution in [-0.4, -0.2) is 23.2 Å². The zero-order valence-corrected chi connectivity index (χ0v) is 11.5. The minimum atomic E-state index is -0.566. The molecule has 2 rings (SSSR count). The maximum Gasteiger partial charge on any atom is 0.337 e. The van der Waals surface area contributed by atoms with Crippen LogP contribution in [-0.2, 0) is 11.3 Å². The molecule has 1 N–H and O–H groups in total. The highest BCUT2D eigenvalue weighted by Crippen LogP contribution is 2.26. The van der Waals surface area contributed by atoms with Gasteiger partial charge in [-0.05, 0) is 19.1 Å². The number of nitrogens with zero attached hydrogens (tertiary/aromatic N) is 2. The molecule has 0 amide bonds. The van der Waals surface area contributed by atoms with Crippen molar-refractivity contribution in [2.75, 3.05) is 12.4 Å². The lowest BCUT2D eigenvalue weighted by molar-refractivity contribution is -0.384. The Bertz CT molecular complexity index is 680. The van der Waals surface area contributed by atoms with Gasteiger partial charge in [0.15, 0.2) is 5.76 Å². The van der Waals surface area contributed by atoms with Crippen LogP contribution in [0.1, 0.15) is 21.8 Å². The SMILES string of the molecule is COC(=O)c1ccc([N+](=O)[O-])c(NCc2cc(C)no2)c1. The molecule has 0 spiro atoms. The van der Waals surface area contributed by atoms with Crippen molar-refractivity contribution < 1.29 is 19.0 Å². The normalized spacial score (nSPS) is 10.2. The first-order valence-corrected chi connectivity index (χ1v) is 6.04. The lowest BCUT2D eigenvalue weighted by Crippen LogP contribution is -2.06. The Hall–Kier alpha value is -2.90. The highest BCUT2D eigenvalue weighted by Gasteiger charge is 2.17. The molecule has 1 aromatic carbocycles. The minimum absolute atomic E-state index is 0.140. The third-order valence-corrected chi connectivity index (χ3v) is 2.74. The fourth-order valence-electron chi connectivity index (χ4n) is 1.76. The van der Waals surface area contributed by atoms with Crippen LogP contribution in [0, 0.1) is 17.0 Å². The van der Waals surface area contributed by atoms with Gasteiger partial charge in [0, 0.05) is 12.1 Å². The number of nitro groups is 1. The number of rotatable bonds is 5. The predicted octanol–water partition coefficient (Wildman–Crippen LogP) is 2.29. The van der Waals surface area contributed by atoms with Crippen molar-refractivity contribution >= 4 is 17.3 Å². The van der Waals surface area contributed by atoms with Crippen molar-refractivity contribution in [3.05, 3.63) is 51.4 Å². The summed E-state index contributed by atoms with van der Waals surface area (Å²) in [4.78, 5) is 21.9. The lowest BCUT2D eigenvalue weighted by atomic mass is 10.1. The van der Waals surface area contributed by atoms with Gasteiger partial charge in [0.2, 0.25) is 0 Å². The van der Waals surface area contributed by atoms with Gasteiger partial charge in [0.05, 0.1) is 29.8 Å². The van der Waals surface area contributed by atoms with Crippen molar-refractivity contribution in [3.63, 3.8) is 0 Å². The Kier molecular flexibility index (Phi) is 4.17. The van der Waals surface area contributed by atoms with Gasteiger partial charge < -0.3 is 14.6 Å². The van der Waals surface area contributed by atoms with Gasteiger partial charge in [0.25, 0.3) is 5.69 Å². The molecule has 0 aliphatic heterocycles. The van der Waals surface area contributed by atoms with Crippen LogP contribution in [0.2, 0.25) is 0 Å². The maximum atomic E-state index is 11.5. The van der Waals surface area contributed by atoms with Crippen LogP contribution in [0.4, 0.5) is 11.4 Å². The van der Waals surface area contributed by atoms with Crippen LogP contribution >= 0.6 is 0 Å². The molecule has 2 aromatic rings. The van der Waals surface area contributed by atoms with Crippen LogP contribution < -0.4 is 5.32 Å². The summed E-state index contributed by atoms with van der Waals surface area (Å²) in [6, 6.07) is 5.67. The van der Waals surface area contributed by atoms with E-state index in [0.717, 1.165) is 0 Å². The molecule has 21 heavy (non-hydrogen) atoms. The quantitative estimate of drug-likeness (QED) is 0.511. The van der Waals surface area contributed by atoms with E-state index >= 15 is 0 Å². The average Bonchev–Trinajstić information content (AvgIpc) is 2.89. The first kappa shape index (κ1) is 14.5. The van der Waals surface area contributed by atoms with Crippen molar-refractivity contribution in [3.8, 4) is 0 Å². The topological polar surface area (TPSA) is 108 Å². The van der Waals surface area contributed by atoms with Crippen molar-refractivity contribution in [2.24, 2.45) is 0 Å². The number of carbonyl (C=O) groups is 1. The Labute approximate surface area is 119 Å². The average molecular weight is 291 g/mol. The van der Waals surface area contributed by atoms with Crippen molar-refractivity contribution in [1.29, 1.82) is 0 Å². The van der Waals surface area contributed by atoms with E-state index in [4.69, 9.17) is 4.52 Å². The van der Waals surface area contributed by atoms with Crippen LogP contribution in [0.3, 0.4) is 0 Å². The fourth-order valence-corrected chi connectivity index (χ4v) is 1.76. The summed E-state index contributed by atoms with van der Waals surface area (Å²) >= 11 is 0. The molecule has 0 saturated carbocycles. The van der Waals surface area contributed by atoms with Gasteiger partial charge in [-0.1, -0.05) is 5.16 Å². The molecule has 8 heteroatoms. The molecule has 0 aliphatic carbocycles. The van der Waals surface area contributed by atoms with Gasteiger partial charge >= 0.3 is 5.97 Å². The first-order chi connectivity index (χ1) is 10.0. The second-order valence-electron chi connectivity index (χ2n) is 4.27. The number of aryl methyl sites for hydroxylation is 1. The summed E-state index contributed by atoms with van der Waals surface area (Å²) in [7, 11) is 1.24. The minimum Gasteiger partial charge on any atom is -0.465 e. The summed E-state index contributed by atoms with van der Waals surface area (Å²) in [6.45, 7) is 1.99. The Morgan fingerprint density at radius 2 is 2.24 bits per heavy atom. The largest absolute Gasteiger partial charge is 0.465 e. The third-order valence-electron chi connectivity index (χ3n) is 2.74. The summed E-state index contributed by atoms with van der Waals surface area (Å²) in [5.41, 5.74) is 1.000. The van der Waals surface area contributed by atoms with Gasteiger partial charge in [-0.2, -0.15) is 0 Å². The molecule has 0 atom stereocenters. The zero-order valence-electron chi connectivity index (χ0n) is 11.5. The summed E-state index contributed by atoms with van der Waals surface area (Å²) in [5, 5.41) is 17.6. The first-order valence-electron chi connectivity index (χ1n) is 6.04. The van der Waals surface area contributed by atoms with E-state index in [2.05, 4.69) is 15.2 Å². The summed E-state index contributed by atoms with van der Waals surface area (Å²) in [6.07, 6.45) is 0. The van der Waals surface area contributed by atoms with E-state index in [-0.39, 0.29) is 23.5 Å². The van der Waals surface area contributed by atoms with E-state index in [9.17, 15) is 14.9 Å². The second kappa shape index (κ2) is 6.04. The number of anilines is 1. The van der Waals surface area contributed by atoms with Gasteiger partial charge in [0.1, 0.15) is 5.69 Å². The fraction of sp³-hybridized carbons (Fsp3) is 0.231. The number of hydrogen-bond acceptors (Lipinski definition) is 7. The molecule has 110 valence electrons. The number of methoxy groups -OCH3 is 1. The van der Waals surface area contributed by atoms with E-state index < -0.39 is 10.9 Å². The number of hydrogen-bond donors (Lipinski definition) is 1. The number of esters is 1. The Morgan fingerprint density at radius 1 is 1.48 bits per heavy atom. The molecule has 1 aromatic heterocycles. The molecule has 0 fully saturated rings. The standard InChI is InChI=1S/C13H13N3O5/c1-8-5-10(21-15-8)7-14-11-6-9(13(17)20-2)3-4-12(11)16(18)19/h3-6,14H,7H2,1-2H3. The van der Waals surface area contributed by atoms with E-state index in [1.54, 1.807) is 13.0 Å². The molecule has 0 bridgehead atoms. The van der Waals surface area contributed by atoms with E-state index in [0.29, 0.717) is 11.5 Å². The number of benzene rings is 1. The second-order valence-corrected chi connectivity index (χ2v) is 4.27. The predicted molar refractivity (Wildman–Crippen MR) is 73.0 cm³/mol. The van der Waals surface area contributed by atoms with Gasteiger partial charge in [-0.25, -0.2) is 4.79 Å². The maximum absolute atomic E-state index is 11.5. The molecular weight excluding hydrogens is 278 g/mol. The zero-order chi connectivity index (χ0) is 15.4. The summed E-state index contributed by atoms with van der Waals surface area (Å²) in [5.74, 6) is -0.0336. The molecule has 0 unspecified atom stereocenters. The third kappa shape index (κ3) is 3.35. The Balaban J connectivity index is 2.25. The lowest BCUT2D eigenvalue weighted by Gasteiger charge is -2.07. The number of aromatic nitrogens is 1. The summed E-state index contributed by atoms with van der Waals surface area (Å²) < 4.78 is 9.60. The highest BCUT2D eigenvalue weighted by atomic mass is 16.6. The monoisotopic (exact) mass is 291 g/mol. The molecule has 0 radical (unpaired) electrons. The van der Waals surface area contributed by atoms with Crippen LogP contribution in [0.15, 0.2) is 28.8 Å². The molecule has 1 heterocycles. The van der Waals surface area contributed by atoms with Crippen LogP contribution in [0.5, 0.6) is 0 Å². The number of ether oxygens (including phenoxy) is 1. The molecular formula is C13H13N3O5. The number of nitrogens with one attached hydrogen (secondary N) is 1. The molecule has 8 nitrogen and oxygen atoms in total. The van der Waals surface area contributed by atoms with Crippen LogP contribution in [0.25, 0.3) is 0 Å². The van der Waals surface area contributed by atoms with Gasteiger partial charge in [-0.3, -0.25) is 10.1 Å². The molecule has 0 aliphatic rings. The van der Waals surface area contributed by atoms with E-state index in [1.807, 2.05) is 0 Å². The highest BCUT2D eigenvalue weighted by molar-refractivity contribution is 5.91. The number of carbonyl (C=O) groups excluding carboxylic acids is 1. The van der Waals surface area contributed by atoms with E-state index in [1.165, 1.54) is 25.3 Å². The van der Waals surface area contributed by atoms with Gasteiger partial charge in [-0.15, -0.1) is 0 Å².